The lowest BCUT2D eigenvalue weighted by atomic mass is 9.79. The van der Waals surface area contributed by atoms with Gasteiger partial charge in [-0.3, -0.25) is 14.6 Å². The van der Waals surface area contributed by atoms with Crippen LogP contribution in [0.1, 0.15) is 65.8 Å². The molecule has 1 amide bonds. The lowest BCUT2D eigenvalue weighted by Gasteiger charge is -2.31. The number of carboxylic acids is 1. The monoisotopic (exact) mass is 489 g/mol. The van der Waals surface area contributed by atoms with Crippen LogP contribution in [-0.2, 0) is 33.6 Å². The summed E-state index contributed by atoms with van der Waals surface area (Å²) in [6.07, 6.45) is 9.57. The zero-order valence-electron chi connectivity index (χ0n) is 20.2. The van der Waals surface area contributed by atoms with Crippen molar-refractivity contribution in [1.29, 1.82) is 0 Å². The zero-order valence-corrected chi connectivity index (χ0v) is 20.2. The Morgan fingerprint density at radius 2 is 1.97 bits per heavy atom. The van der Waals surface area contributed by atoms with E-state index < -0.39 is 17.9 Å². The van der Waals surface area contributed by atoms with Crippen LogP contribution in [0.25, 0.3) is 0 Å². The molecular formula is C27H31N5O4. The minimum atomic E-state index is -0.892. The van der Waals surface area contributed by atoms with Gasteiger partial charge in [-0.1, -0.05) is 35.5 Å². The molecule has 0 saturated heterocycles. The largest absolute Gasteiger partial charge is 0.481 e. The second-order valence-electron chi connectivity index (χ2n) is 9.53. The summed E-state index contributed by atoms with van der Waals surface area (Å²) in [6, 6.07) is 11.4. The molecule has 2 aromatic heterocycles. The highest BCUT2D eigenvalue weighted by atomic mass is 16.5. The van der Waals surface area contributed by atoms with Crippen molar-refractivity contribution in [3.05, 3.63) is 76.9 Å². The molecule has 0 radical (unpaired) electrons. The fourth-order valence-corrected chi connectivity index (χ4v) is 5.36. The number of benzene rings is 1. The summed E-state index contributed by atoms with van der Waals surface area (Å²) >= 11 is 0. The summed E-state index contributed by atoms with van der Waals surface area (Å²) in [7, 11) is 0. The maximum Gasteiger partial charge on any atom is 0.308 e. The Morgan fingerprint density at radius 1 is 1.11 bits per heavy atom. The van der Waals surface area contributed by atoms with Crippen LogP contribution in [0.5, 0.6) is 0 Å². The number of aryl methyl sites for hydroxylation is 3. The Bertz CT molecular complexity index is 1230. The molecule has 9 heteroatoms. The Kier molecular flexibility index (Phi) is 7.36. The van der Waals surface area contributed by atoms with Crippen molar-refractivity contribution >= 4 is 11.9 Å². The third-order valence-electron chi connectivity index (χ3n) is 7.15. The van der Waals surface area contributed by atoms with Crippen LogP contribution in [-0.4, -0.2) is 50.2 Å². The highest BCUT2D eigenvalue weighted by Gasteiger charge is 2.35. The van der Waals surface area contributed by atoms with Gasteiger partial charge in [0.25, 0.3) is 0 Å². The smallest absolute Gasteiger partial charge is 0.308 e. The molecule has 0 unspecified atom stereocenters. The Balaban J connectivity index is 1.09. The van der Waals surface area contributed by atoms with Crippen LogP contribution < -0.4 is 5.32 Å². The van der Waals surface area contributed by atoms with Crippen LogP contribution in [0.4, 0.5) is 0 Å². The number of rotatable bonds is 9. The first kappa shape index (κ1) is 24.1. The minimum Gasteiger partial charge on any atom is -0.481 e. The van der Waals surface area contributed by atoms with E-state index in [4.69, 9.17) is 4.74 Å². The normalized spacial score (nSPS) is 20.8. The van der Waals surface area contributed by atoms with Gasteiger partial charge in [-0.15, -0.1) is 5.10 Å². The standard InChI is InChI=1S/C27H31N5O4/c33-24(29-26-21-10-2-1-6-18(21)12-13-22(26)27(34)35)17-36-15-5-9-20-16-32(31-30-20)23-11-3-7-19-8-4-14-28-25(19)23/h1-2,4,6,8,10,14,16,22-23,26H,3,5,7,9,11-13,15,17H2,(H,29,33)(H,34,35)/t22-,23+,26+/m1/s1. The van der Waals surface area contributed by atoms with Gasteiger partial charge in [0.05, 0.1) is 29.4 Å². The lowest BCUT2D eigenvalue weighted by molar-refractivity contribution is -0.144. The fraction of sp³-hybridized carbons (Fsp3) is 0.444. The van der Waals surface area contributed by atoms with E-state index >= 15 is 0 Å². The van der Waals surface area contributed by atoms with Gasteiger partial charge in [0.1, 0.15) is 6.61 Å². The van der Waals surface area contributed by atoms with E-state index in [0.717, 1.165) is 41.8 Å². The number of aromatic nitrogens is 4. The number of aliphatic carboxylic acids is 1. The number of carboxylic acid groups (broad SMARTS) is 1. The number of pyridine rings is 1. The van der Waals surface area contributed by atoms with Crippen LogP contribution in [0, 0.1) is 5.92 Å². The SMILES string of the molecule is O=C(COCCCc1cn([C@H]2CCCc3cccnc32)nn1)N[C@H]1c2ccccc2CC[C@H]1C(=O)O. The first-order valence-corrected chi connectivity index (χ1v) is 12.6. The quantitative estimate of drug-likeness (QED) is 0.443. The summed E-state index contributed by atoms with van der Waals surface area (Å²) in [5, 5.41) is 21.2. The van der Waals surface area contributed by atoms with Gasteiger partial charge in [0, 0.05) is 19.0 Å². The zero-order chi connectivity index (χ0) is 24.9. The molecular weight excluding hydrogens is 458 g/mol. The van der Waals surface area contributed by atoms with Crippen molar-refractivity contribution in [2.24, 2.45) is 5.92 Å². The maximum absolute atomic E-state index is 12.5. The van der Waals surface area contributed by atoms with E-state index in [1.165, 1.54) is 5.56 Å². The summed E-state index contributed by atoms with van der Waals surface area (Å²) in [5.74, 6) is -1.84. The van der Waals surface area contributed by atoms with E-state index in [9.17, 15) is 14.7 Å². The molecule has 9 nitrogen and oxygen atoms in total. The van der Waals surface area contributed by atoms with Gasteiger partial charge in [0.15, 0.2) is 0 Å². The second-order valence-corrected chi connectivity index (χ2v) is 9.53. The third-order valence-corrected chi connectivity index (χ3v) is 7.15. The summed E-state index contributed by atoms with van der Waals surface area (Å²) in [6.45, 7) is 0.292. The fourth-order valence-electron chi connectivity index (χ4n) is 5.36. The van der Waals surface area contributed by atoms with E-state index in [0.29, 0.717) is 32.3 Å². The molecule has 36 heavy (non-hydrogen) atoms. The number of amides is 1. The predicted molar refractivity (Wildman–Crippen MR) is 131 cm³/mol. The molecule has 188 valence electrons. The van der Waals surface area contributed by atoms with Crippen molar-refractivity contribution < 1.29 is 19.4 Å². The third kappa shape index (κ3) is 5.31. The van der Waals surface area contributed by atoms with Crippen molar-refractivity contribution in [3.63, 3.8) is 0 Å². The molecule has 2 aliphatic carbocycles. The number of carbonyl (C=O) groups excluding carboxylic acids is 1. The van der Waals surface area contributed by atoms with E-state index in [2.05, 4.69) is 26.7 Å². The molecule has 5 rings (SSSR count). The Labute approximate surface area is 209 Å². The highest BCUT2D eigenvalue weighted by Crippen LogP contribution is 2.34. The lowest BCUT2D eigenvalue weighted by Crippen LogP contribution is -2.41. The molecule has 3 atom stereocenters. The summed E-state index contributed by atoms with van der Waals surface area (Å²) in [5.41, 5.74) is 5.21. The molecule has 0 saturated carbocycles. The summed E-state index contributed by atoms with van der Waals surface area (Å²) < 4.78 is 7.50. The minimum absolute atomic E-state index is 0.109. The van der Waals surface area contributed by atoms with Crippen LogP contribution >= 0.6 is 0 Å². The highest BCUT2D eigenvalue weighted by molar-refractivity contribution is 5.80. The molecule has 2 heterocycles. The molecule has 0 aliphatic heterocycles. The molecule has 2 aliphatic rings. The number of nitrogens with one attached hydrogen (secondary N) is 1. The van der Waals surface area contributed by atoms with Crippen molar-refractivity contribution in [2.45, 2.75) is 57.0 Å². The van der Waals surface area contributed by atoms with Crippen LogP contribution in [0.3, 0.4) is 0 Å². The second kappa shape index (κ2) is 11.0. The molecule has 1 aromatic carbocycles. The molecule has 0 fully saturated rings. The number of nitrogens with zero attached hydrogens (tertiary/aromatic N) is 4. The Hall–Kier alpha value is -3.59. The van der Waals surface area contributed by atoms with Crippen molar-refractivity contribution in [1.82, 2.24) is 25.3 Å². The first-order valence-electron chi connectivity index (χ1n) is 12.6. The molecule has 2 N–H and O–H groups in total. The van der Waals surface area contributed by atoms with E-state index in [1.54, 1.807) is 0 Å². The topological polar surface area (TPSA) is 119 Å². The first-order chi connectivity index (χ1) is 17.6. The predicted octanol–water partition coefficient (Wildman–Crippen LogP) is 3.05. The average Bonchev–Trinajstić information content (AvgIpc) is 3.37. The maximum atomic E-state index is 12.5. The number of carbonyl (C=O) groups is 2. The van der Waals surface area contributed by atoms with Gasteiger partial charge in [0.2, 0.25) is 5.91 Å². The van der Waals surface area contributed by atoms with Gasteiger partial charge < -0.3 is 15.2 Å². The van der Waals surface area contributed by atoms with Gasteiger partial charge in [-0.05, 0) is 67.7 Å². The molecule has 0 spiro atoms. The van der Waals surface area contributed by atoms with Crippen molar-refractivity contribution in [3.8, 4) is 0 Å². The van der Waals surface area contributed by atoms with Crippen LogP contribution in [0.2, 0.25) is 0 Å². The number of fused-ring (bicyclic) bond motifs is 2. The van der Waals surface area contributed by atoms with Gasteiger partial charge >= 0.3 is 5.97 Å². The van der Waals surface area contributed by atoms with Crippen molar-refractivity contribution in [2.75, 3.05) is 13.2 Å². The number of hydrogen-bond acceptors (Lipinski definition) is 6. The molecule has 0 bridgehead atoms. The van der Waals surface area contributed by atoms with E-state index in [-0.39, 0.29) is 18.6 Å². The van der Waals surface area contributed by atoms with Gasteiger partial charge in [-0.2, -0.15) is 0 Å². The number of hydrogen-bond donors (Lipinski definition) is 2. The average molecular weight is 490 g/mol. The van der Waals surface area contributed by atoms with Crippen LogP contribution in [0.15, 0.2) is 48.8 Å². The van der Waals surface area contributed by atoms with Gasteiger partial charge in [-0.25, -0.2) is 4.68 Å². The molecule has 3 aromatic rings. The number of ether oxygens (including phenoxy) is 1. The van der Waals surface area contributed by atoms with E-state index in [1.807, 2.05) is 47.4 Å². The Morgan fingerprint density at radius 3 is 2.86 bits per heavy atom. The summed E-state index contributed by atoms with van der Waals surface area (Å²) in [4.78, 5) is 28.9.